The number of allylic oxidation sites excluding steroid dienone is 2. The number of hydrogen-bond donors (Lipinski definition) is 1. The topological polar surface area (TPSA) is 91.1 Å². The standard InChI is InChI=1S/C31H24F3N5O2/c32-31(33,34)23-10-7-21(8-11-23)24(22-9-12-29(37-20-22)39-15-17-41-18-16-39)3-2-6-30(40)38-27-5-1-4-25-26(27)13-14-36-28(25)19-35/h1-14,20H,15-18H2,(H,38,40). The lowest BCUT2D eigenvalue weighted by Gasteiger charge is -2.27. The number of carbonyl (C=O) groups excluding carboxylic acids is 1. The van der Waals surface area contributed by atoms with Crippen molar-refractivity contribution in [3.8, 4) is 6.07 Å². The van der Waals surface area contributed by atoms with Gasteiger partial charge in [-0.3, -0.25) is 4.79 Å². The Morgan fingerprint density at radius 3 is 2.41 bits per heavy atom. The molecule has 1 fully saturated rings. The summed E-state index contributed by atoms with van der Waals surface area (Å²) in [6.07, 6.45) is 3.24. The van der Waals surface area contributed by atoms with Crippen molar-refractivity contribution in [3.05, 3.63) is 114 Å². The van der Waals surface area contributed by atoms with E-state index in [9.17, 15) is 23.2 Å². The highest BCUT2D eigenvalue weighted by Gasteiger charge is 2.30. The second kappa shape index (κ2) is 12.0. The first kappa shape index (κ1) is 27.6. The fraction of sp³-hybridized carbons (Fsp3) is 0.161. The smallest absolute Gasteiger partial charge is 0.378 e. The van der Waals surface area contributed by atoms with Gasteiger partial charge < -0.3 is 15.0 Å². The molecule has 1 amide bonds. The highest BCUT2D eigenvalue weighted by atomic mass is 19.4. The summed E-state index contributed by atoms with van der Waals surface area (Å²) in [4.78, 5) is 23.5. The van der Waals surface area contributed by atoms with Crippen LogP contribution >= 0.6 is 0 Å². The molecule has 1 aliphatic heterocycles. The molecule has 1 saturated heterocycles. The molecule has 10 heteroatoms. The van der Waals surface area contributed by atoms with E-state index in [0.717, 1.165) is 31.0 Å². The molecule has 0 spiro atoms. The summed E-state index contributed by atoms with van der Waals surface area (Å²) in [5.74, 6) is 0.361. The first-order valence-corrected chi connectivity index (χ1v) is 12.8. The summed E-state index contributed by atoms with van der Waals surface area (Å²) in [6.45, 7) is 2.66. The molecule has 3 heterocycles. The van der Waals surface area contributed by atoms with Crippen molar-refractivity contribution in [2.45, 2.75) is 6.18 Å². The summed E-state index contributed by atoms with van der Waals surface area (Å²) >= 11 is 0. The fourth-order valence-corrected chi connectivity index (χ4v) is 4.53. The molecule has 0 unspecified atom stereocenters. The summed E-state index contributed by atoms with van der Waals surface area (Å²) in [7, 11) is 0. The Hall–Kier alpha value is -5.01. The molecule has 2 aromatic heterocycles. The number of rotatable bonds is 6. The second-order valence-corrected chi connectivity index (χ2v) is 9.18. The van der Waals surface area contributed by atoms with Crippen molar-refractivity contribution in [1.82, 2.24) is 9.97 Å². The van der Waals surface area contributed by atoms with Gasteiger partial charge >= 0.3 is 6.18 Å². The van der Waals surface area contributed by atoms with Crippen LogP contribution in [0.4, 0.5) is 24.7 Å². The van der Waals surface area contributed by atoms with Crippen LogP contribution in [0.1, 0.15) is 22.4 Å². The molecule has 0 atom stereocenters. The number of halogens is 3. The van der Waals surface area contributed by atoms with E-state index < -0.39 is 17.6 Å². The molecule has 206 valence electrons. The van der Waals surface area contributed by atoms with E-state index in [4.69, 9.17) is 4.74 Å². The third-order valence-corrected chi connectivity index (χ3v) is 6.60. The van der Waals surface area contributed by atoms with Crippen LogP contribution in [0.2, 0.25) is 0 Å². The summed E-state index contributed by atoms with van der Waals surface area (Å²) < 4.78 is 44.9. The number of aromatic nitrogens is 2. The molecule has 1 N–H and O–H groups in total. The van der Waals surface area contributed by atoms with Crippen LogP contribution in [0.5, 0.6) is 0 Å². The zero-order chi connectivity index (χ0) is 28.8. The number of pyridine rings is 2. The van der Waals surface area contributed by atoms with E-state index in [1.54, 1.807) is 36.5 Å². The van der Waals surface area contributed by atoms with E-state index in [1.807, 2.05) is 18.2 Å². The molecule has 0 bridgehead atoms. The van der Waals surface area contributed by atoms with Crippen LogP contribution in [0.3, 0.4) is 0 Å². The minimum Gasteiger partial charge on any atom is -0.378 e. The number of anilines is 2. The lowest BCUT2D eigenvalue weighted by atomic mass is 9.97. The average Bonchev–Trinajstić information content (AvgIpc) is 2.99. The predicted octanol–water partition coefficient (Wildman–Crippen LogP) is 5.98. The average molecular weight is 556 g/mol. The highest BCUT2D eigenvalue weighted by Crippen LogP contribution is 2.32. The minimum absolute atomic E-state index is 0.256. The van der Waals surface area contributed by atoms with Gasteiger partial charge in [0.25, 0.3) is 0 Å². The SMILES string of the molecule is N#Cc1nccc2c(NC(=O)C=CC=C(c3ccc(C(F)(F)F)cc3)c3ccc(N4CCOCC4)nc3)cccc12. The summed E-state index contributed by atoms with van der Waals surface area (Å²) in [5.41, 5.74) is 1.84. The number of alkyl halides is 3. The van der Waals surface area contributed by atoms with E-state index in [2.05, 4.69) is 20.2 Å². The number of benzene rings is 2. The third-order valence-electron chi connectivity index (χ3n) is 6.60. The van der Waals surface area contributed by atoms with Crippen LogP contribution < -0.4 is 10.2 Å². The molecule has 7 nitrogen and oxygen atoms in total. The van der Waals surface area contributed by atoms with Crippen molar-refractivity contribution in [3.63, 3.8) is 0 Å². The third kappa shape index (κ3) is 6.42. The Morgan fingerprint density at radius 1 is 0.976 bits per heavy atom. The number of nitrogens with zero attached hydrogens (tertiary/aromatic N) is 4. The van der Waals surface area contributed by atoms with Crippen molar-refractivity contribution >= 4 is 33.8 Å². The number of hydrogen-bond acceptors (Lipinski definition) is 6. The van der Waals surface area contributed by atoms with E-state index in [1.165, 1.54) is 30.5 Å². The van der Waals surface area contributed by atoms with E-state index in [0.29, 0.717) is 46.4 Å². The predicted molar refractivity (Wildman–Crippen MR) is 150 cm³/mol. The van der Waals surface area contributed by atoms with Crippen molar-refractivity contribution < 1.29 is 22.7 Å². The maximum atomic E-state index is 13.2. The zero-order valence-corrected chi connectivity index (χ0v) is 21.7. The first-order chi connectivity index (χ1) is 19.8. The Balaban J connectivity index is 1.42. The van der Waals surface area contributed by atoms with Crippen LogP contribution in [0.25, 0.3) is 16.3 Å². The Morgan fingerprint density at radius 2 is 1.73 bits per heavy atom. The highest BCUT2D eigenvalue weighted by molar-refractivity contribution is 6.07. The largest absolute Gasteiger partial charge is 0.416 e. The van der Waals surface area contributed by atoms with E-state index >= 15 is 0 Å². The molecule has 4 aromatic rings. The Labute approximate surface area is 234 Å². The maximum Gasteiger partial charge on any atom is 0.416 e. The van der Waals surface area contributed by atoms with Gasteiger partial charge in [0, 0.05) is 53.6 Å². The molecular formula is C31H24F3N5O2. The van der Waals surface area contributed by atoms with Crippen molar-refractivity contribution in [2.24, 2.45) is 0 Å². The number of amides is 1. The Kier molecular flexibility index (Phi) is 8.08. The number of nitriles is 1. The van der Waals surface area contributed by atoms with Gasteiger partial charge in [-0.1, -0.05) is 36.4 Å². The monoisotopic (exact) mass is 555 g/mol. The second-order valence-electron chi connectivity index (χ2n) is 9.18. The molecule has 2 aromatic carbocycles. The van der Waals surface area contributed by atoms with E-state index in [-0.39, 0.29) is 5.69 Å². The van der Waals surface area contributed by atoms with Gasteiger partial charge in [-0.15, -0.1) is 0 Å². The van der Waals surface area contributed by atoms with Crippen molar-refractivity contribution in [1.29, 1.82) is 5.26 Å². The van der Waals surface area contributed by atoms with Crippen LogP contribution in [0.15, 0.2) is 91.3 Å². The van der Waals surface area contributed by atoms with Gasteiger partial charge in [0.2, 0.25) is 5.91 Å². The number of fused-ring (bicyclic) bond motifs is 1. The zero-order valence-electron chi connectivity index (χ0n) is 21.7. The molecule has 0 saturated carbocycles. The molecule has 5 rings (SSSR count). The molecule has 0 radical (unpaired) electrons. The first-order valence-electron chi connectivity index (χ1n) is 12.8. The van der Waals surface area contributed by atoms with Crippen molar-refractivity contribution in [2.75, 3.05) is 36.5 Å². The number of carbonyl (C=O) groups is 1. The number of morpholine rings is 1. The quantitative estimate of drug-likeness (QED) is 0.232. The van der Waals surface area contributed by atoms with Crippen LogP contribution in [-0.4, -0.2) is 42.2 Å². The molecule has 0 aliphatic carbocycles. The van der Waals surface area contributed by atoms with Gasteiger partial charge in [0.05, 0.1) is 18.8 Å². The van der Waals surface area contributed by atoms with Crippen LogP contribution in [-0.2, 0) is 15.7 Å². The van der Waals surface area contributed by atoms with Gasteiger partial charge in [-0.05, 0) is 47.5 Å². The van der Waals surface area contributed by atoms with Crippen LogP contribution in [0, 0.1) is 11.3 Å². The Bertz CT molecular complexity index is 1650. The number of ether oxygens (including phenoxy) is 1. The van der Waals surface area contributed by atoms with Gasteiger partial charge in [-0.25, -0.2) is 9.97 Å². The number of nitrogens with one attached hydrogen (secondary N) is 1. The fourth-order valence-electron chi connectivity index (χ4n) is 4.53. The van der Waals surface area contributed by atoms with Gasteiger partial charge in [-0.2, -0.15) is 18.4 Å². The van der Waals surface area contributed by atoms with Gasteiger partial charge in [0.15, 0.2) is 0 Å². The lowest BCUT2D eigenvalue weighted by Crippen LogP contribution is -2.36. The molecular weight excluding hydrogens is 531 g/mol. The summed E-state index contributed by atoms with van der Waals surface area (Å²) in [5, 5.41) is 13.4. The normalized spacial score (nSPS) is 14.3. The molecule has 1 aliphatic rings. The summed E-state index contributed by atoms with van der Waals surface area (Å²) in [6, 6.07) is 17.5. The van der Waals surface area contributed by atoms with Gasteiger partial charge in [0.1, 0.15) is 17.6 Å². The maximum absolute atomic E-state index is 13.2. The molecule has 41 heavy (non-hydrogen) atoms. The lowest BCUT2D eigenvalue weighted by molar-refractivity contribution is -0.137. The minimum atomic E-state index is -4.45.